The number of carbonyl (C=O) groups is 1. The second-order valence-electron chi connectivity index (χ2n) is 6.15. The molecule has 1 N–H and O–H groups in total. The van der Waals surface area contributed by atoms with Crippen molar-refractivity contribution in [3.05, 3.63) is 90.5 Å². The van der Waals surface area contributed by atoms with E-state index in [4.69, 9.17) is 4.74 Å². The molecule has 0 spiro atoms. The maximum Gasteiger partial charge on any atom is 0.244 e. The molecule has 0 saturated heterocycles. The van der Waals surface area contributed by atoms with Crippen molar-refractivity contribution in [3.8, 4) is 5.75 Å². The quantitative estimate of drug-likeness (QED) is 0.631. The van der Waals surface area contributed by atoms with Crippen LogP contribution in [-0.4, -0.2) is 19.1 Å². The first-order chi connectivity index (χ1) is 13.3. The summed E-state index contributed by atoms with van der Waals surface area (Å²) in [7, 11) is 0. The van der Waals surface area contributed by atoms with Gasteiger partial charge in [-0.05, 0) is 36.8 Å². The zero-order chi connectivity index (χ0) is 18.9. The van der Waals surface area contributed by atoms with E-state index < -0.39 is 0 Å². The molecular weight excluding hydrogens is 336 g/mol. The first kappa shape index (κ1) is 18.5. The Balaban J connectivity index is 1.75. The van der Waals surface area contributed by atoms with Gasteiger partial charge in [-0.2, -0.15) is 0 Å². The summed E-state index contributed by atoms with van der Waals surface area (Å²) in [6.07, 6.45) is 0. The van der Waals surface area contributed by atoms with Crippen molar-refractivity contribution in [3.63, 3.8) is 0 Å². The predicted molar refractivity (Wildman–Crippen MR) is 110 cm³/mol. The number of anilines is 2. The van der Waals surface area contributed by atoms with Crippen LogP contribution in [0.25, 0.3) is 0 Å². The molecule has 0 radical (unpaired) electrons. The monoisotopic (exact) mass is 360 g/mol. The van der Waals surface area contributed by atoms with Gasteiger partial charge < -0.3 is 15.0 Å². The molecule has 0 fully saturated rings. The highest BCUT2D eigenvalue weighted by Gasteiger charge is 2.14. The van der Waals surface area contributed by atoms with Crippen LogP contribution in [0.4, 0.5) is 11.4 Å². The highest BCUT2D eigenvalue weighted by atomic mass is 16.5. The Hall–Kier alpha value is -3.27. The molecule has 0 unspecified atom stereocenters. The van der Waals surface area contributed by atoms with Crippen LogP contribution < -0.4 is 15.0 Å². The van der Waals surface area contributed by atoms with E-state index >= 15 is 0 Å². The molecule has 0 atom stereocenters. The molecule has 4 heteroatoms. The third kappa shape index (κ3) is 5.35. The van der Waals surface area contributed by atoms with E-state index in [1.807, 2.05) is 79.7 Å². The Morgan fingerprint density at radius 2 is 1.52 bits per heavy atom. The predicted octanol–water partition coefficient (Wildman–Crippen LogP) is 4.73. The van der Waals surface area contributed by atoms with E-state index in [-0.39, 0.29) is 12.5 Å². The summed E-state index contributed by atoms with van der Waals surface area (Å²) >= 11 is 0. The summed E-state index contributed by atoms with van der Waals surface area (Å²) in [4.78, 5) is 14.8. The maximum atomic E-state index is 12.7. The lowest BCUT2D eigenvalue weighted by molar-refractivity contribution is -0.115. The fraction of sp³-hybridized carbons (Fsp3) is 0.174. The number of benzene rings is 3. The van der Waals surface area contributed by atoms with E-state index in [0.29, 0.717) is 24.6 Å². The Kier molecular flexibility index (Phi) is 6.47. The van der Waals surface area contributed by atoms with Gasteiger partial charge in [-0.25, -0.2) is 0 Å². The topological polar surface area (TPSA) is 41.6 Å². The minimum atomic E-state index is -0.0815. The smallest absolute Gasteiger partial charge is 0.244 e. The van der Waals surface area contributed by atoms with Crippen LogP contribution in [0, 0.1) is 0 Å². The molecule has 3 aromatic carbocycles. The largest absolute Gasteiger partial charge is 0.492 e. The van der Waals surface area contributed by atoms with Crippen molar-refractivity contribution in [2.75, 3.05) is 23.4 Å². The number of hydrogen-bond acceptors (Lipinski definition) is 3. The second-order valence-corrected chi connectivity index (χ2v) is 6.15. The normalized spacial score (nSPS) is 10.3. The number of carbonyl (C=O) groups excluding carboxylic acids is 1. The Bertz CT molecular complexity index is 851. The van der Waals surface area contributed by atoms with Crippen molar-refractivity contribution in [1.82, 2.24) is 0 Å². The lowest BCUT2D eigenvalue weighted by Gasteiger charge is -2.24. The number of hydrogen-bond donors (Lipinski definition) is 1. The van der Waals surface area contributed by atoms with Crippen molar-refractivity contribution in [1.29, 1.82) is 0 Å². The van der Waals surface area contributed by atoms with Crippen molar-refractivity contribution in [2.45, 2.75) is 13.5 Å². The first-order valence-corrected chi connectivity index (χ1v) is 9.12. The molecule has 0 saturated carbocycles. The Labute approximate surface area is 160 Å². The van der Waals surface area contributed by atoms with Gasteiger partial charge in [-0.3, -0.25) is 4.79 Å². The Morgan fingerprint density at radius 3 is 2.22 bits per heavy atom. The summed E-state index contributed by atoms with van der Waals surface area (Å²) in [6, 6.07) is 27.6. The fourth-order valence-corrected chi connectivity index (χ4v) is 2.90. The second kappa shape index (κ2) is 9.43. The summed E-state index contributed by atoms with van der Waals surface area (Å²) < 4.78 is 5.59. The zero-order valence-electron chi connectivity index (χ0n) is 15.5. The van der Waals surface area contributed by atoms with Gasteiger partial charge in [-0.15, -0.1) is 0 Å². The standard InChI is InChI=1S/C23H24N2O2/c1-2-27-22-16-10-9-15-21(22)24-23(26)18-25(20-13-7-4-8-14-20)17-19-11-5-3-6-12-19/h3-16H,2,17-18H2,1H3,(H,24,26). The third-order valence-electron chi connectivity index (χ3n) is 4.13. The first-order valence-electron chi connectivity index (χ1n) is 9.12. The molecular formula is C23H24N2O2. The molecule has 4 nitrogen and oxygen atoms in total. The number of para-hydroxylation sites is 3. The van der Waals surface area contributed by atoms with Crippen LogP contribution >= 0.6 is 0 Å². The van der Waals surface area contributed by atoms with E-state index in [1.54, 1.807) is 0 Å². The molecule has 0 aliphatic heterocycles. The van der Waals surface area contributed by atoms with Crippen LogP contribution in [0.2, 0.25) is 0 Å². The molecule has 1 amide bonds. The van der Waals surface area contributed by atoms with Gasteiger partial charge in [0.1, 0.15) is 5.75 Å². The minimum absolute atomic E-state index is 0.0815. The van der Waals surface area contributed by atoms with Gasteiger partial charge in [0.25, 0.3) is 0 Å². The van der Waals surface area contributed by atoms with Crippen LogP contribution in [0.1, 0.15) is 12.5 Å². The molecule has 138 valence electrons. The van der Waals surface area contributed by atoms with Crippen molar-refractivity contribution in [2.24, 2.45) is 0 Å². The van der Waals surface area contributed by atoms with Crippen molar-refractivity contribution < 1.29 is 9.53 Å². The van der Waals surface area contributed by atoms with Crippen LogP contribution in [0.3, 0.4) is 0 Å². The number of rotatable bonds is 8. The van der Waals surface area contributed by atoms with E-state index in [2.05, 4.69) is 22.3 Å². The van der Waals surface area contributed by atoms with Crippen molar-refractivity contribution >= 4 is 17.3 Å². The summed E-state index contributed by atoms with van der Waals surface area (Å²) in [6.45, 7) is 3.39. The van der Waals surface area contributed by atoms with Gasteiger partial charge in [-0.1, -0.05) is 60.7 Å². The van der Waals surface area contributed by atoms with Crippen LogP contribution in [-0.2, 0) is 11.3 Å². The average molecular weight is 360 g/mol. The van der Waals surface area contributed by atoms with Gasteiger partial charge in [0.05, 0.1) is 18.8 Å². The van der Waals surface area contributed by atoms with Gasteiger partial charge in [0.2, 0.25) is 5.91 Å². The van der Waals surface area contributed by atoms with Gasteiger partial charge in [0.15, 0.2) is 0 Å². The maximum absolute atomic E-state index is 12.7. The molecule has 3 aromatic rings. The van der Waals surface area contributed by atoms with Gasteiger partial charge in [0, 0.05) is 12.2 Å². The number of nitrogens with one attached hydrogen (secondary N) is 1. The summed E-state index contributed by atoms with van der Waals surface area (Å²) in [5, 5.41) is 2.98. The highest BCUT2D eigenvalue weighted by Crippen LogP contribution is 2.24. The fourth-order valence-electron chi connectivity index (χ4n) is 2.90. The molecule has 0 aliphatic carbocycles. The number of nitrogens with zero attached hydrogens (tertiary/aromatic N) is 1. The van der Waals surface area contributed by atoms with E-state index in [0.717, 1.165) is 11.3 Å². The molecule has 3 rings (SSSR count). The Morgan fingerprint density at radius 1 is 0.889 bits per heavy atom. The van der Waals surface area contributed by atoms with Crippen LogP contribution in [0.5, 0.6) is 5.75 Å². The average Bonchev–Trinajstić information content (AvgIpc) is 2.71. The molecule has 0 aliphatic rings. The third-order valence-corrected chi connectivity index (χ3v) is 4.13. The van der Waals surface area contributed by atoms with E-state index in [1.165, 1.54) is 0 Å². The summed E-state index contributed by atoms with van der Waals surface area (Å²) in [5.74, 6) is 0.601. The molecule has 27 heavy (non-hydrogen) atoms. The molecule has 0 aromatic heterocycles. The minimum Gasteiger partial charge on any atom is -0.492 e. The lowest BCUT2D eigenvalue weighted by atomic mass is 10.2. The molecule has 0 heterocycles. The zero-order valence-corrected chi connectivity index (χ0v) is 15.5. The lowest BCUT2D eigenvalue weighted by Crippen LogP contribution is -2.33. The summed E-state index contributed by atoms with van der Waals surface area (Å²) in [5.41, 5.74) is 2.86. The number of ether oxygens (including phenoxy) is 1. The SMILES string of the molecule is CCOc1ccccc1NC(=O)CN(Cc1ccccc1)c1ccccc1. The number of amides is 1. The van der Waals surface area contributed by atoms with Crippen LogP contribution in [0.15, 0.2) is 84.9 Å². The van der Waals surface area contributed by atoms with Gasteiger partial charge >= 0.3 is 0 Å². The molecule has 0 bridgehead atoms. The highest BCUT2D eigenvalue weighted by molar-refractivity contribution is 5.95. The van der Waals surface area contributed by atoms with E-state index in [9.17, 15) is 4.79 Å².